The van der Waals surface area contributed by atoms with Gasteiger partial charge in [-0.2, -0.15) is 0 Å². The molecule has 6 heteroatoms. The lowest BCUT2D eigenvalue weighted by atomic mass is 10.0. The first kappa shape index (κ1) is 16.6. The van der Waals surface area contributed by atoms with E-state index in [1.165, 1.54) is 5.56 Å². The molecular formula is C17H18ClN2O2S-. The molecule has 23 heavy (non-hydrogen) atoms. The van der Waals surface area contributed by atoms with Gasteiger partial charge in [0.25, 0.3) is 0 Å². The zero-order valence-corrected chi connectivity index (χ0v) is 14.3. The van der Waals surface area contributed by atoms with E-state index < -0.39 is 11.3 Å². The number of nitrogens with one attached hydrogen (secondary N) is 1. The minimum atomic E-state index is -2.18. The zero-order chi connectivity index (χ0) is 16.4. The van der Waals surface area contributed by atoms with E-state index in [0.717, 1.165) is 24.1 Å². The number of hydrogen-bond donors (Lipinski definition) is 1. The molecule has 3 rings (SSSR count). The van der Waals surface area contributed by atoms with Gasteiger partial charge in [-0.15, -0.1) is 0 Å². The van der Waals surface area contributed by atoms with Crippen LogP contribution in [-0.4, -0.2) is 19.8 Å². The Kier molecular flexibility index (Phi) is 5.11. The summed E-state index contributed by atoms with van der Waals surface area (Å²) in [5, 5.41) is 0.632. The fourth-order valence-corrected chi connectivity index (χ4v) is 3.57. The molecule has 1 aromatic heterocycles. The van der Waals surface area contributed by atoms with E-state index in [0.29, 0.717) is 16.9 Å². The number of halogens is 1. The first-order valence-electron chi connectivity index (χ1n) is 7.60. The maximum Gasteiger partial charge on any atom is 0.0703 e. The molecule has 4 unspecified atom stereocenters. The Morgan fingerprint density at radius 1 is 1.35 bits per heavy atom. The lowest BCUT2D eigenvalue weighted by molar-refractivity contribution is 0.490. The van der Waals surface area contributed by atoms with E-state index in [4.69, 9.17) is 11.6 Å². The standard InChI is InChI=1S/C17H19ClN2O2S/c1-11(20-23(21)22)8-14-9-16(14)12-2-4-13(5-3-12)17-7-6-15(18)10-19-17/h2-7,10-11,14,16,20H,8-9H2,1H3,(H,21,22)/p-1. The van der Waals surface area contributed by atoms with Crippen molar-refractivity contribution in [2.45, 2.75) is 31.7 Å². The fraction of sp³-hybridized carbons (Fsp3) is 0.353. The van der Waals surface area contributed by atoms with Gasteiger partial charge in [-0.05, 0) is 49.3 Å². The van der Waals surface area contributed by atoms with Crippen LogP contribution in [0.1, 0.15) is 31.2 Å². The van der Waals surface area contributed by atoms with Crippen LogP contribution in [0.25, 0.3) is 11.3 Å². The van der Waals surface area contributed by atoms with Crippen LogP contribution in [-0.2, 0) is 11.3 Å². The van der Waals surface area contributed by atoms with Gasteiger partial charge in [-0.3, -0.25) is 9.19 Å². The van der Waals surface area contributed by atoms with Crippen molar-refractivity contribution in [2.75, 3.05) is 0 Å². The second-order valence-corrected chi connectivity index (χ2v) is 7.22. The Bertz CT molecular complexity index is 691. The summed E-state index contributed by atoms with van der Waals surface area (Å²) in [6, 6.07) is 12.2. The summed E-state index contributed by atoms with van der Waals surface area (Å²) in [6.45, 7) is 1.90. The van der Waals surface area contributed by atoms with Crippen LogP contribution in [0, 0.1) is 5.92 Å². The summed E-state index contributed by atoms with van der Waals surface area (Å²) < 4.78 is 23.8. The van der Waals surface area contributed by atoms with Crippen molar-refractivity contribution < 1.29 is 8.76 Å². The number of rotatable bonds is 6. The second kappa shape index (κ2) is 7.09. The molecule has 4 nitrogen and oxygen atoms in total. The van der Waals surface area contributed by atoms with E-state index in [-0.39, 0.29) is 6.04 Å². The molecule has 1 saturated carbocycles. The quantitative estimate of drug-likeness (QED) is 0.809. The van der Waals surface area contributed by atoms with Crippen molar-refractivity contribution >= 4 is 22.9 Å². The van der Waals surface area contributed by atoms with E-state index in [1.54, 1.807) is 6.20 Å². The molecule has 0 aliphatic heterocycles. The Labute approximate surface area is 143 Å². The highest BCUT2D eigenvalue weighted by Crippen LogP contribution is 2.50. The molecule has 122 valence electrons. The van der Waals surface area contributed by atoms with Gasteiger partial charge in [-0.25, -0.2) is 4.72 Å². The molecule has 1 N–H and O–H groups in total. The van der Waals surface area contributed by atoms with Gasteiger partial charge in [0.15, 0.2) is 0 Å². The largest absolute Gasteiger partial charge is 0.760 e. The number of aromatic nitrogens is 1. The third-order valence-electron chi connectivity index (χ3n) is 4.24. The maximum atomic E-state index is 10.6. The second-order valence-electron chi connectivity index (χ2n) is 6.08. The topological polar surface area (TPSA) is 65.0 Å². The SMILES string of the molecule is CC(CC1CC1c1ccc(-c2ccc(Cl)cn2)cc1)NS(=O)[O-]. The Balaban J connectivity index is 1.60. The highest BCUT2D eigenvalue weighted by Gasteiger charge is 2.38. The van der Waals surface area contributed by atoms with E-state index in [1.807, 2.05) is 19.1 Å². The Morgan fingerprint density at radius 3 is 2.70 bits per heavy atom. The molecule has 1 heterocycles. The number of nitrogens with zero attached hydrogens (tertiary/aromatic N) is 1. The third-order valence-corrected chi connectivity index (χ3v) is 5.06. The van der Waals surface area contributed by atoms with Gasteiger partial charge < -0.3 is 4.55 Å². The third kappa shape index (κ3) is 4.38. The van der Waals surface area contributed by atoms with E-state index in [2.05, 4.69) is 34.0 Å². The van der Waals surface area contributed by atoms with Gasteiger partial charge in [0, 0.05) is 29.1 Å². The normalized spacial score (nSPS) is 22.6. The maximum absolute atomic E-state index is 10.6. The number of hydrogen-bond acceptors (Lipinski definition) is 3. The van der Waals surface area contributed by atoms with Crippen LogP contribution in [0.5, 0.6) is 0 Å². The van der Waals surface area contributed by atoms with Crippen LogP contribution >= 0.6 is 11.6 Å². The van der Waals surface area contributed by atoms with Crippen molar-refractivity contribution in [1.29, 1.82) is 0 Å². The van der Waals surface area contributed by atoms with Gasteiger partial charge in [0.2, 0.25) is 0 Å². The first-order chi connectivity index (χ1) is 11.0. The van der Waals surface area contributed by atoms with Gasteiger partial charge in [-0.1, -0.05) is 35.9 Å². The number of benzene rings is 1. The molecule has 0 radical (unpaired) electrons. The first-order valence-corrected chi connectivity index (χ1v) is 9.05. The molecule has 1 fully saturated rings. The highest BCUT2D eigenvalue weighted by molar-refractivity contribution is 7.77. The minimum Gasteiger partial charge on any atom is -0.760 e. The summed E-state index contributed by atoms with van der Waals surface area (Å²) in [4.78, 5) is 4.32. The molecule has 0 saturated heterocycles. The van der Waals surface area contributed by atoms with Crippen molar-refractivity contribution in [3.63, 3.8) is 0 Å². The van der Waals surface area contributed by atoms with E-state index >= 15 is 0 Å². The molecule has 1 aromatic carbocycles. The van der Waals surface area contributed by atoms with Crippen molar-refractivity contribution in [3.05, 3.63) is 53.2 Å². The van der Waals surface area contributed by atoms with Gasteiger partial charge >= 0.3 is 0 Å². The van der Waals surface area contributed by atoms with Crippen LogP contribution in [0.2, 0.25) is 5.02 Å². The monoisotopic (exact) mass is 349 g/mol. The highest BCUT2D eigenvalue weighted by atomic mass is 35.5. The predicted molar refractivity (Wildman–Crippen MR) is 91.7 cm³/mol. The van der Waals surface area contributed by atoms with Crippen LogP contribution in [0.15, 0.2) is 42.6 Å². The lowest BCUT2D eigenvalue weighted by Gasteiger charge is -2.15. The molecule has 0 amide bonds. The summed E-state index contributed by atoms with van der Waals surface area (Å²) in [5.41, 5.74) is 3.28. The lowest BCUT2D eigenvalue weighted by Crippen LogP contribution is -2.28. The molecule has 4 atom stereocenters. The van der Waals surface area contributed by atoms with E-state index in [9.17, 15) is 8.76 Å². The van der Waals surface area contributed by atoms with Crippen molar-refractivity contribution in [2.24, 2.45) is 5.92 Å². The van der Waals surface area contributed by atoms with Crippen LogP contribution < -0.4 is 4.72 Å². The van der Waals surface area contributed by atoms with Crippen LogP contribution in [0.3, 0.4) is 0 Å². The molecule has 1 aliphatic rings. The average Bonchev–Trinajstić information content (AvgIpc) is 3.26. The van der Waals surface area contributed by atoms with Gasteiger partial charge in [0.1, 0.15) is 0 Å². The molecular weight excluding hydrogens is 332 g/mol. The smallest absolute Gasteiger partial charge is 0.0703 e. The summed E-state index contributed by atoms with van der Waals surface area (Å²) in [5.74, 6) is 1.09. The minimum absolute atomic E-state index is 0.0131. The van der Waals surface area contributed by atoms with Gasteiger partial charge in [0.05, 0.1) is 10.7 Å². The molecule has 0 bridgehead atoms. The average molecular weight is 350 g/mol. The Morgan fingerprint density at radius 2 is 2.09 bits per heavy atom. The summed E-state index contributed by atoms with van der Waals surface area (Å²) in [7, 11) is 0. The van der Waals surface area contributed by atoms with Crippen molar-refractivity contribution in [3.8, 4) is 11.3 Å². The van der Waals surface area contributed by atoms with Crippen molar-refractivity contribution in [1.82, 2.24) is 9.71 Å². The molecule has 2 aromatic rings. The number of pyridine rings is 1. The summed E-state index contributed by atoms with van der Waals surface area (Å²) in [6.07, 6.45) is 3.64. The Hall–Kier alpha value is -1.27. The fourth-order valence-electron chi connectivity index (χ4n) is 3.03. The molecule has 0 spiro atoms. The predicted octanol–water partition coefficient (Wildman–Crippen LogP) is 3.67. The molecule has 1 aliphatic carbocycles. The zero-order valence-electron chi connectivity index (χ0n) is 12.7. The summed E-state index contributed by atoms with van der Waals surface area (Å²) >= 11 is 3.67. The van der Waals surface area contributed by atoms with Crippen LogP contribution in [0.4, 0.5) is 0 Å².